The highest BCUT2D eigenvalue weighted by Crippen LogP contribution is 2.24. The third kappa shape index (κ3) is 7.95. The second kappa shape index (κ2) is 13.3. The maximum Gasteiger partial charge on any atom is 0.191 e. The Morgan fingerprint density at radius 3 is 2.58 bits per heavy atom. The van der Waals surface area contributed by atoms with Crippen LogP contribution >= 0.6 is 0 Å². The highest BCUT2D eigenvalue weighted by Gasteiger charge is 2.08. The summed E-state index contributed by atoms with van der Waals surface area (Å²) in [6, 6.07) is 5.83. The molecule has 1 rings (SSSR count). The molecule has 1 atom stereocenters. The van der Waals surface area contributed by atoms with Crippen LogP contribution in [0.15, 0.2) is 23.2 Å². The largest absolute Gasteiger partial charge is 0.497 e. The van der Waals surface area contributed by atoms with Gasteiger partial charge in [0.05, 0.1) is 14.2 Å². The van der Waals surface area contributed by atoms with Crippen LogP contribution in [0.5, 0.6) is 11.5 Å². The molecule has 26 heavy (non-hydrogen) atoms. The molecule has 148 valence electrons. The Balaban J connectivity index is 2.64. The van der Waals surface area contributed by atoms with Crippen molar-refractivity contribution in [3.05, 3.63) is 23.8 Å². The third-order valence-electron chi connectivity index (χ3n) is 4.26. The summed E-state index contributed by atoms with van der Waals surface area (Å²) in [4.78, 5) is 4.69. The van der Waals surface area contributed by atoms with Crippen molar-refractivity contribution in [2.75, 3.05) is 40.5 Å². The highest BCUT2D eigenvalue weighted by molar-refractivity contribution is 5.79. The fourth-order valence-corrected chi connectivity index (χ4v) is 2.87. The van der Waals surface area contributed by atoms with E-state index in [9.17, 15) is 5.11 Å². The first-order valence-corrected chi connectivity index (χ1v) is 9.52. The van der Waals surface area contributed by atoms with Crippen molar-refractivity contribution >= 4 is 5.96 Å². The lowest BCUT2D eigenvalue weighted by atomic mass is 10.0. The Morgan fingerprint density at radius 2 is 1.96 bits per heavy atom. The molecule has 6 nitrogen and oxygen atoms in total. The van der Waals surface area contributed by atoms with Gasteiger partial charge in [0.1, 0.15) is 11.5 Å². The van der Waals surface area contributed by atoms with Crippen LogP contribution < -0.4 is 20.1 Å². The Labute approximate surface area is 158 Å². The summed E-state index contributed by atoms with van der Waals surface area (Å²) in [5.41, 5.74) is 1.10. The Bertz CT molecular complexity index is 529. The summed E-state index contributed by atoms with van der Waals surface area (Å²) in [5, 5.41) is 15.8. The summed E-state index contributed by atoms with van der Waals surface area (Å²) >= 11 is 0. The molecule has 0 fully saturated rings. The second-order valence-electron chi connectivity index (χ2n) is 6.24. The zero-order chi connectivity index (χ0) is 19.2. The van der Waals surface area contributed by atoms with E-state index in [0.29, 0.717) is 5.92 Å². The van der Waals surface area contributed by atoms with Gasteiger partial charge in [-0.15, -0.1) is 0 Å². The van der Waals surface area contributed by atoms with Gasteiger partial charge >= 0.3 is 0 Å². The van der Waals surface area contributed by atoms with E-state index in [1.165, 1.54) is 0 Å². The summed E-state index contributed by atoms with van der Waals surface area (Å²) in [5.74, 6) is 2.93. The molecule has 3 N–H and O–H groups in total. The van der Waals surface area contributed by atoms with Gasteiger partial charge in [0.2, 0.25) is 0 Å². The lowest BCUT2D eigenvalue weighted by Crippen LogP contribution is -2.38. The molecule has 0 aliphatic rings. The Hall–Kier alpha value is -1.95. The average Bonchev–Trinajstić information content (AvgIpc) is 2.66. The van der Waals surface area contributed by atoms with E-state index in [-0.39, 0.29) is 6.61 Å². The molecule has 1 aromatic rings. The monoisotopic (exact) mass is 365 g/mol. The number of aliphatic hydroxyl groups excluding tert-OH is 1. The number of nitrogens with zero attached hydrogens (tertiary/aromatic N) is 1. The smallest absolute Gasteiger partial charge is 0.191 e. The highest BCUT2D eigenvalue weighted by atomic mass is 16.5. The SMILES string of the molecule is CCCC(CCO)CN=C(NCC)NCCc1cc(OC)ccc1OC. The minimum Gasteiger partial charge on any atom is -0.497 e. The fraction of sp³-hybridized carbons (Fsp3) is 0.650. The van der Waals surface area contributed by atoms with Gasteiger partial charge in [0, 0.05) is 26.2 Å². The van der Waals surface area contributed by atoms with E-state index >= 15 is 0 Å². The van der Waals surface area contributed by atoms with Crippen LogP contribution in [0.4, 0.5) is 0 Å². The van der Waals surface area contributed by atoms with Gasteiger partial charge in [-0.05, 0) is 55.9 Å². The lowest BCUT2D eigenvalue weighted by Gasteiger charge is -2.16. The predicted octanol–water partition coefficient (Wildman–Crippen LogP) is 2.60. The number of ether oxygens (including phenoxy) is 2. The lowest BCUT2D eigenvalue weighted by molar-refractivity contribution is 0.253. The molecular formula is C20H35N3O3. The van der Waals surface area contributed by atoms with Crippen molar-refractivity contribution in [2.24, 2.45) is 10.9 Å². The minimum absolute atomic E-state index is 0.222. The zero-order valence-electron chi connectivity index (χ0n) is 16.7. The molecule has 0 radical (unpaired) electrons. The van der Waals surface area contributed by atoms with Crippen LogP contribution in [0.3, 0.4) is 0 Å². The molecule has 0 saturated carbocycles. The average molecular weight is 366 g/mol. The van der Waals surface area contributed by atoms with E-state index < -0.39 is 0 Å². The van der Waals surface area contributed by atoms with E-state index in [1.54, 1.807) is 14.2 Å². The van der Waals surface area contributed by atoms with Crippen LogP contribution in [0.2, 0.25) is 0 Å². The number of nitrogens with one attached hydrogen (secondary N) is 2. The van der Waals surface area contributed by atoms with Crippen molar-refractivity contribution < 1.29 is 14.6 Å². The summed E-state index contributed by atoms with van der Waals surface area (Å²) in [6.45, 7) is 6.73. The van der Waals surface area contributed by atoms with E-state index in [2.05, 4.69) is 29.5 Å². The van der Waals surface area contributed by atoms with Crippen LogP contribution in [-0.2, 0) is 6.42 Å². The summed E-state index contributed by atoms with van der Waals surface area (Å²) < 4.78 is 10.7. The molecule has 1 unspecified atom stereocenters. The van der Waals surface area contributed by atoms with Crippen molar-refractivity contribution in [2.45, 2.75) is 39.5 Å². The van der Waals surface area contributed by atoms with Crippen LogP contribution in [0, 0.1) is 5.92 Å². The van der Waals surface area contributed by atoms with Crippen LogP contribution in [0.25, 0.3) is 0 Å². The van der Waals surface area contributed by atoms with Gasteiger partial charge in [0.15, 0.2) is 5.96 Å². The molecule has 0 spiro atoms. The van der Waals surface area contributed by atoms with Crippen molar-refractivity contribution in [1.29, 1.82) is 0 Å². The van der Waals surface area contributed by atoms with E-state index in [4.69, 9.17) is 9.47 Å². The number of hydrogen-bond donors (Lipinski definition) is 3. The first kappa shape index (κ1) is 22.1. The van der Waals surface area contributed by atoms with Crippen molar-refractivity contribution in [1.82, 2.24) is 10.6 Å². The van der Waals surface area contributed by atoms with E-state index in [1.807, 2.05) is 18.2 Å². The van der Waals surface area contributed by atoms with Gasteiger partial charge in [-0.2, -0.15) is 0 Å². The van der Waals surface area contributed by atoms with Crippen molar-refractivity contribution in [3.8, 4) is 11.5 Å². The van der Waals surface area contributed by atoms with Gasteiger partial charge < -0.3 is 25.2 Å². The number of guanidine groups is 1. The molecular weight excluding hydrogens is 330 g/mol. The maximum atomic E-state index is 9.19. The number of rotatable bonds is 12. The van der Waals surface area contributed by atoms with Gasteiger partial charge in [-0.1, -0.05) is 13.3 Å². The number of aliphatic imine (C=N–C) groups is 1. The van der Waals surface area contributed by atoms with E-state index in [0.717, 1.165) is 68.3 Å². The normalized spacial score (nSPS) is 12.6. The molecule has 0 aromatic heterocycles. The van der Waals surface area contributed by atoms with Gasteiger partial charge in [0.25, 0.3) is 0 Å². The molecule has 0 heterocycles. The second-order valence-corrected chi connectivity index (χ2v) is 6.24. The molecule has 6 heteroatoms. The molecule has 0 amide bonds. The maximum absolute atomic E-state index is 9.19. The molecule has 0 aliphatic heterocycles. The van der Waals surface area contributed by atoms with Crippen LogP contribution in [-0.4, -0.2) is 51.5 Å². The zero-order valence-corrected chi connectivity index (χ0v) is 16.7. The number of hydrogen-bond acceptors (Lipinski definition) is 4. The fourth-order valence-electron chi connectivity index (χ4n) is 2.87. The van der Waals surface area contributed by atoms with Crippen molar-refractivity contribution in [3.63, 3.8) is 0 Å². The topological polar surface area (TPSA) is 75.1 Å². The number of aliphatic hydroxyl groups is 1. The Morgan fingerprint density at radius 1 is 1.15 bits per heavy atom. The first-order valence-electron chi connectivity index (χ1n) is 9.52. The quantitative estimate of drug-likeness (QED) is 0.392. The molecule has 1 aromatic carbocycles. The molecule has 0 saturated heterocycles. The Kier molecular flexibility index (Phi) is 11.3. The third-order valence-corrected chi connectivity index (χ3v) is 4.26. The standard InChI is InChI=1S/C20H35N3O3/c1-5-7-16(11-13-24)15-23-20(21-6-2)22-12-10-17-14-18(25-3)8-9-19(17)26-4/h8-9,14,16,24H,5-7,10-13,15H2,1-4H3,(H2,21,22,23). The first-order chi connectivity index (χ1) is 12.7. The summed E-state index contributed by atoms with van der Waals surface area (Å²) in [7, 11) is 3.35. The minimum atomic E-state index is 0.222. The summed E-state index contributed by atoms with van der Waals surface area (Å²) in [6.07, 6.45) is 3.81. The molecule has 0 bridgehead atoms. The number of benzene rings is 1. The predicted molar refractivity (Wildman–Crippen MR) is 107 cm³/mol. The van der Waals surface area contributed by atoms with Gasteiger partial charge in [-0.25, -0.2) is 0 Å². The van der Waals surface area contributed by atoms with Crippen LogP contribution in [0.1, 0.15) is 38.7 Å². The van der Waals surface area contributed by atoms with Gasteiger partial charge in [-0.3, -0.25) is 4.99 Å². The number of methoxy groups -OCH3 is 2. The molecule has 0 aliphatic carbocycles.